The van der Waals surface area contributed by atoms with Crippen LogP contribution in [0.25, 0.3) is 0 Å². The van der Waals surface area contributed by atoms with Crippen LogP contribution in [0.1, 0.15) is 26.5 Å². The molecule has 0 saturated carbocycles. The molecular weight excluding hydrogens is 260 g/mol. The summed E-state index contributed by atoms with van der Waals surface area (Å²) in [6, 6.07) is 5.89. The van der Waals surface area contributed by atoms with E-state index in [4.69, 9.17) is 0 Å². The zero-order chi connectivity index (χ0) is 14.2. The maximum Gasteiger partial charge on any atom is 0.307 e. The van der Waals surface area contributed by atoms with Crippen molar-refractivity contribution in [3.8, 4) is 0 Å². The Bertz CT molecular complexity index is 698. The second-order valence-electron chi connectivity index (χ2n) is 4.61. The van der Waals surface area contributed by atoms with Crippen LogP contribution in [0.4, 0.5) is 5.69 Å². The molecule has 0 aliphatic carbocycles. The number of rotatable bonds is 2. The monoisotopic (exact) mass is 276 g/mol. The van der Waals surface area contributed by atoms with E-state index in [0.29, 0.717) is 10.6 Å². The minimum atomic E-state index is -0.228. The van der Waals surface area contributed by atoms with E-state index in [1.54, 1.807) is 14.0 Å². The predicted octanol–water partition coefficient (Wildman–Crippen LogP) is 2.62. The number of nitrogens with zero attached hydrogens (tertiary/aromatic N) is 1. The molecular formula is C14H16N2O2S. The lowest BCUT2D eigenvalue weighted by atomic mass is 10.1. The first-order chi connectivity index (χ1) is 8.90. The molecule has 19 heavy (non-hydrogen) atoms. The highest BCUT2D eigenvalue weighted by molar-refractivity contribution is 7.11. The van der Waals surface area contributed by atoms with Crippen LogP contribution in [-0.2, 0) is 7.05 Å². The molecule has 1 aromatic carbocycles. The molecule has 0 atom stereocenters. The van der Waals surface area contributed by atoms with E-state index in [9.17, 15) is 9.59 Å². The van der Waals surface area contributed by atoms with E-state index in [0.717, 1.165) is 28.2 Å². The smallest absolute Gasteiger partial charge is 0.307 e. The summed E-state index contributed by atoms with van der Waals surface area (Å²) in [6.07, 6.45) is 0. The van der Waals surface area contributed by atoms with Gasteiger partial charge in [-0.3, -0.25) is 9.59 Å². The fourth-order valence-corrected chi connectivity index (χ4v) is 2.66. The lowest BCUT2D eigenvalue weighted by Gasteiger charge is -2.08. The molecule has 1 aromatic heterocycles. The van der Waals surface area contributed by atoms with Gasteiger partial charge in [0.15, 0.2) is 0 Å². The number of thiazole rings is 1. The first-order valence-electron chi connectivity index (χ1n) is 5.95. The van der Waals surface area contributed by atoms with Crippen LogP contribution in [0.5, 0.6) is 0 Å². The standard InChI is InChI=1S/C14H16N2O2S/c1-8-5-6-9(2)11(7-8)15-13(17)12-10(3)16(4)14(18)19-12/h5-7H,1-4H3,(H,15,17). The molecule has 0 spiro atoms. The van der Waals surface area contributed by atoms with Crippen molar-refractivity contribution in [1.29, 1.82) is 0 Å². The molecule has 0 saturated heterocycles. The summed E-state index contributed by atoms with van der Waals surface area (Å²) in [5.41, 5.74) is 3.56. The van der Waals surface area contributed by atoms with Gasteiger partial charge in [0.1, 0.15) is 4.88 Å². The average molecular weight is 276 g/mol. The highest BCUT2D eigenvalue weighted by Crippen LogP contribution is 2.19. The topological polar surface area (TPSA) is 51.1 Å². The van der Waals surface area contributed by atoms with Crippen molar-refractivity contribution in [2.45, 2.75) is 20.8 Å². The Hall–Kier alpha value is -1.88. The van der Waals surface area contributed by atoms with Crippen LogP contribution in [0.2, 0.25) is 0 Å². The number of carbonyl (C=O) groups is 1. The summed E-state index contributed by atoms with van der Waals surface area (Å²) >= 11 is 0.974. The SMILES string of the molecule is Cc1ccc(C)c(NC(=O)c2sc(=O)n(C)c2C)c1. The molecule has 2 aromatic rings. The second-order valence-corrected chi connectivity index (χ2v) is 5.58. The minimum Gasteiger partial charge on any atom is -0.321 e. The van der Waals surface area contributed by atoms with Gasteiger partial charge >= 0.3 is 4.87 Å². The maximum absolute atomic E-state index is 12.2. The fraction of sp³-hybridized carbons (Fsp3) is 0.286. The third kappa shape index (κ3) is 2.61. The molecule has 0 bridgehead atoms. The Morgan fingerprint density at radius 1 is 1.26 bits per heavy atom. The summed E-state index contributed by atoms with van der Waals surface area (Å²) in [7, 11) is 1.67. The Balaban J connectivity index is 2.33. The maximum atomic E-state index is 12.2. The Morgan fingerprint density at radius 2 is 1.95 bits per heavy atom. The number of hydrogen-bond donors (Lipinski definition) is 1. The molecule has 2 rings (SSSR count). The number of amides is 1. The molecule has 4 nitrogen and oxygen atoms in total. The molecule has 0 radical (unpaired) electrons. The highest BCUT2D eigenvalue weighted by Gasteiger charge is 2.16. The first kappa shape index (κ1) is 13.5. The van der Waals surface area contributed by atoms with Gasteiger partial charge in [-0.05, 0) is 38.0 Å². The lowest BCUT2D eigenvalue weighted by Crippen LogP contribution is -2.13. The van der Waals surface area contributed by atoms with Crippen LogP contribution >= 0.6 is 11.3 Å². The van der Waals surface area contributed by atoms with Crippen LogP contribution < -0.4 is 10.2 Å². The van der Waals surface area contributed by atoms with Gasteiger partial charge in [0, 0.05) is 18.4 Å². The molecule has 0 unspecified atom stereocenters. The first-order valence-corrected chi connectivity index (χ1v) is 6.77. The normalized spacial score (nSPS) is 10.5. The minimum absolute atomic E-state index is 0.122. The lowest BCUT2D eigenvalue weighted by molar-refractivity contribution is 0.102. The van der Waals surface area contributed by atoms with Gasteiger partial charge in [-0.1, -0.05) is 23.5 Å². The number of benzene rings is 1. The van der Waals surface area contributed by atoms with E-state index >= 15 is 0 Å². The van der Waals surface area contributed by atoms with Gasteiger partial charge in [0.2, 0.25) is 0 Å². The van der Waals surface area contributed by atoms with Gasteiger partial charge in [-0.2, -0.15) is 0 Å². The molecule has 1 heterocycles. The third-order valence-corrected chi connectivity index (χ3v) is 4.28. The summed E-state index contributed by atoms with van der Waals surface area (Å²) in [4.78, 5) is 24.1. The number of anilines is 1. The van der Waals surface area contributed by atoms with Crippen molar-refractivity contribution >= 4 is 22.9 Å². The zero-order valence-electron chi connectivity index (χ0n) is 11.4. The summed E-state index contributed by atoms with van der Waals surface area (Å²) < 4.78 is 1.49. The Kier molecular flexibility index (Phi) is 3.57. The van der Waals surface area contributed by atoms with Crippen molar-refractivity contribution in [3.05, 3.63) is 49.6 Å². The van der Waals surface area contributed by atoms with E-state index < -0.39 is 0 Å². The summed E-state index contributed by atoms with van der Waals surface area (Å²) in [5, 5.41) is 2.87. The molecule has 1 N–H and O–H groups in total. The van der Waals surface area contributed by atoms with Crippen LogP contribution in [0.3, 0.4) is 0 Å². The van der Waals surface area contributed by atoms with E-state index in [-0.39, 0.29) is 10.8 Å². The van der Waals surface area contributed by atoms with Crippen LogP contribution in [-0.4, -0.2) is 10.5 Å². The number of aromatic nitrogens is 1. The molecule has 5 heteroatoms. The van der Waals surface area contributed by atoms with Crippen molar-refractivity contribution in [2.75, 3.05) is 5.32 Å². The summed E-state index contributed by atoms with van der Waals surface area (Å²) in [6.45, 7) is 5.69. The third-order valence-electron chi connectivity index (χ3n) is 3.14. The van der Waals surface area contributed by atoms with Gasteiger partial charge < -0.3 is 9.88 Å². The predicted molar refractivity (Wildman–Crippen MR) is 78.2 cm³/mol. The van der Waals surface area contributed by atoms with E-state index in [1.165, 1.54) is 4.57 Å². The van der Waals surface area contributed by atoms with Crippen LogP contribution in [0.15, 0.2) is 23.0 Å². The highest BCUT2D eigenvalue weighted by atomic mass is 32.1. The Morgan fingerprint density at radius 3 is 2.53 bits per heavy atom. The fourth-order valence-electron chi connectivity index (χ4n) is 1.78. The van der Waals surface area contributed by atoms with Crippen LogP contribution in [0, 0.1) is 20.8 Å². The zero-order valence-corrected chi connectivity index (χ0v) is 12.2. The largest absolute Gasteiger partial charge is 0.321 e. The molecule has 100 valence electrons. The van der Waals surface area contributed by atoms with Crippen molar-refractivity contribution in [2.24, 2.45) is 7.05 Å². The van der Waals surface area contributed by atoms with E-state index in [2.05, 4.69) is 5.32 Å². The molecule has 0 aliphatic heterocycles. The number of hydrogen-bond acceptors (Lipinski definition) is 3. The van der Waals surface area contributed by atoms with Gasteiger partial charge in [-0.25, -0.2) is 0 Å². The number of nitrogens with one attached hydrogen (secondary N) is 1. The van der Waals surface area contributed by atoms with E-state index in [1.807, 2.05) is 32.0 Å². The van der Waals surface area contributed by atoms with Crippen molar-refractivity contribution in [1.82, 2.24) is 4.57 Å². The quantitative estimate of drug-likeness (QED) is 0.916. The van der Waals surface area contributed by atoms with Gasteiger partial charge in [0.25, 0.3) is 5.91 Å². The number of carbonyl (C=O) groups excluding carboxylic acids is 1. The molecule has 0 aliphatic rings. The van der Waals surface area contributed by atoms with Gasteiger partial charge in [0.05, 0.1) is 0 Å². The summed E-state index contributed by atoms with van der Waals surface area (Å²) in [5.74, 6) is -0.228. The average Bonchev–Trinajstić information content (AvgIpc) is 2.62. The number of aryl methyl sites for hydroxylation is 2. The second kappa shape index (κ2) is 5.01. The van der Waals surface area contributed by atoms with Crippen molar-refractivity contribution < 1.29 is 4.79 Å². The molecule has 0 fully saturated rings. The van der Waals surface area contributed by atoms with Crippen molar-refractivity contribution in [3.63, 3.8) is 0 Å². The molecule has 1 amide bonds. The Labute approximate surface area is 115 Å². The van der Waals surface area contributed by atoms with Gasteiger partial charge in [-0.15, -0.1) is 0 Å².